The molecule has 2 heterocycles. The highest BCUT2D eigenvalue weighted by Crippen LogP contribution is 2.34. The lowest BCUT2D eigenvalue weighted by atomic mass is 9.74. The van der Waals surface area contributed by atoms with Gasteiger partial charge in [0.2, 0.25) is 5.91 Å². The molecule has 1 amide bonds. The quantitative estimate of drug-likeness (QED) is 0.861. The summed E-state index contributed by atoms with van der Waals surface area (Å²) in [5.41, 5.74) is 0.811. The average molecular weight is 299 g/mol. The summed E-state index contributed by atoms with van der Waals surface area (Å²) in [6.45, 7) is 1.86. The van der Waals surface area contributed by atoms with Crippen molar-refractivity contribution in [1.82, 2.24) is 20.6 Å². The summed E-state index contributed by atoms with van der Waals surface area (Å²) in [6, 6.07) is 0. The summed E-state index contributed by atoms with van der Waals surface area (Å²) < 4.78 is 0. The summed E-state index contributed by atoms with van der Waals surface area (Å²) in [6.07, 6.45) is 9.84. The van der Waals surface area contributed by atoms with Crippen molar-refractivity contribution in [2.45, 2.75) is 32.1 Å². The van der Waals surface area contributed by atoms with E-state index in [0.717, 1.165) is 50.9 Å². The van der Waals surface area contributed by atoms with Crippen LogP contribution in [0.1, 0.15) is 31.4 Å². The van der Waals surface area contributed by atoms with Crippen LogP contribution in [0.3, 0.4) is 0 Å². The van der Waals surface area contributed by atoms with Gasteiger partial charge in [0, 0.05) is 25.6 Å². The van der Waals surface area contributed by atoms with E-state index in [-0.39, 0.29) is 23.7 Å². The van der Waals surface area contributed by atoms with E-state index in [2.05, 4.69) is 20.6 Å². The van der Waals surface area contributed by atoms with Crippen molar-refractivity contribution in [3.63, 3.8) is 0 Å². The van der Waals surface area contributed by atoms with Crippen molar-refractivity contribution in [2.24, 2.45) is 5.41 Å². The van der Waals surface area contributed by atoms with Gasteiger partial charge in [-0.05, 0) is 45.2 Å². The number of piperidine rings is 1. The zero-order valence-corrected chi connectivity index (χ0v) is 12.7. The molecule has 1 saturated heterocycles. The van der Waals surface area contributed by atoms with Crippen LogP contribution in [-0.2, 0) is 11.2 Å². The molecule has 2 N–H and O–H groups in total. The second-order valence-corrected chi connectivity index (χ2v) is 5.16. The van der Waals surface area contributed by atoms with Crippen LogP contribution in [-0.4, -0.2) is 36.0 Å². The van der Waals surface area contributed by atoms with Gasteiger partial charge in [0.25, 0.3) is 0 Å². The third-order valence-corrected chi connectivity index (χ3v) is 3.97. The Bertz CT molecular complexity index is 407. The molecule has 0 spiro atoms. The SMILES string of the molecule is CNC(=O)C1(CCCc2cnccn2)CCNCC1.Cl. The molecule has 1 aromatic heterocycles. The summed E-state index contributed by atoms with van der Waals surface area (Å²) in [7, 11) is 1.73. The van der Waals surface area contributed by atoms with Crippen molar-refractivity contribution in [2.75, 3.05) is 20.1 Å². The van der Waals surface area contributed by atoms with E-state index in [9.17, 15) is 4.79 Å². The molecule has 1 fully saturated rings. The predicted molar refractivity (Wildman–Crippen MR) is 80.8 cm³/mol. The van der Waals surface area contributed by atoms with Gasteiger partial charge in [-0.25, -0.2) is 0 Å². The number of rotatable bonds is 5. The molecule has 0 aliphatic carbocycles. The topological polar surface area (TPSA) is 66.9 Å². The first-order valence-corrected chi connectivity index (χ1v) is 6.95. The minimum absolute atomic E-state index is 0. The monoisotopic (exact) mass is 298 g/mol. The zero-order valence-electron chi connectivity index (χ0n) is 11.9. The van der Waals surface area contributed by atoms with Gasteiger partial charge >= 0.3 is 0 Å². The average Bonchev–Trinajstić information content (AvgIpc) is 2.48. The van der Waals surface area contributed by atoms with Crippen LogP contribution in [0.5, 0.6) is 0 Å². The molecular formula is C14H23ClN4O. The Morgan fingerprint density at radius 1 is 1.40 bits per heavy atom. The largest absolute Gasteiger partial charge is 0.359 e. The number of carbonyl (C=O) groups excluding carboxylic acids is 1. The number of hydrogen-bond donors (Lipinski definition) is 2. The number of nitrogens with one attached hydrogen (secondary N) is 2. The second-order valence-electron chi connectivity index (χ2n) is 5.16. The van der Waals surface area contributed by atoms with Crippen LogP contribution in [0.2, 0.25) is 0 Å². The lowest BCUT2D eigenvalue weighted by molar-refractivity contribution is -0.132. The standard InChI is InChI=1S/C14H22N4O.ClH/c1-15-13(19)14(5-7-16-8-6-14)4-2-3-12-11-17-9-10-18-12;/h9-11,16H,2-8H2,1H3,(H,15,19);1H. The summed E-state index contributed by atoms with van der Waals surface area (Å²) in [4.78, 5) is 20.5. The molecule has 112 valence electrons. The first-order valence-electron chi connectivity index (χ1n) is 6.95. The molecule has 20 heavy (non-hydrogen) atoms. The van der Waals surface area contributed by atoms with E-state index < -0.39 is 0 Å². The van der Waals surface area contributed by atoms with Gasteiger partial charge in [-0.1, -0.05) is 0 Å². The van der Waals surface area contributed by atoms with Gasteiger partial charge in [-0.3, -0.25) is 14.8 Å². The van der Waals surface area contributed by atoms with Gasteiger partial charge in [-0.15, -0.1) is 12.4 Å². The molecule has 0 radical (unpaired) electrons. The fourth-order valence-electron chi connectivity index (χ4n) is 2.83. The number of hydrogen-bond acceptors (Lipinski definition) is 4. The molecule has 1 aliphatic rings. The van der Waals surface area contributed by atoms with E-state index in [1.165, 1.54) is 0 Å². The minimum Gasteiger partial charge on any atom is -0.359 e. The number of carbonyl (C=O) groups is 1. The van der Waals surface area contributed by atoms with Gasteiger partial charge in [-0.2, -0.15) is 0 Å². The number of aromatic nitrogens is 2. The lowest BCUT2D eigenvalue weighted by Gasteiger charge is -2.36. The van der Waals surface area contributed by atoms with Crippen LogP contribution >= 0.6 is 12.4 Å². The van der Waals surface area contributed by atoms with Crippen molar-refractivity contribution in [3.05, 3.63) is 24.3 Å². The molecule has 1 aromatic rings. The maximum atomic E-state index is 12.2. The van der Waals surface area contributed by atoms with Gasteiger partial charge in [0.05, 0.1) is 11.1 Å². The predicted octanol–water partition coefficient (Wildman–Crippen LogP) is 1.34. The molecular weight excluding hydrogens is 276 g/mol. The van der Waals surface area contributed by atoms with Crippen molar-refractivity contribution in [3.8, 4) is 0 Å². The van der Waals surface area contributed by atoms with Crippen LogP contribution in [0.15, 0.2) is 18.6 Å². The van der Waals surface area contributed by atoms with Crippen molar-refractivity contribution in [1.29, 1.82) is 0 Å². The van der Waals surface area contributed by atoms with Crippen LogP contribution in [0.25, 0.3) is 0 Å². The van der Waals surface area contributed by atoms with Crippen molar-refractivity contribution < 1.29 is 4.79 Å². The van der Waals surface area contributed by atoms with Gasteiger partial charge < -0.3 is 10.6 Å². The van der Waals surface area contributed by atoms with E-state index in [1.54, 1.807) is 25.6 Å². The van der Waals surface area contributed by atoms with E-state index in [0.29, 0.717) is 0 Å². The van der Waals surface area contributed by atoms with E-state index in [4.69, 9.17) is 0 Å². The molecule has 0 atom stereocenters. The Morgan fingerprint density at radius 3 is 2.75 bits per heavy atom. The third kappa shape index (κ3) is 4.15. The Labute approximate surface area is 126 Å². The summed E-state index contributed by atoms with van der Waals surface area (Å²) in [5, 5.41) is 6.15. The molecule has 0 bridgehead atoms. The Balaban J connectivity index is 0.00000200. The fraction of sp³-hybridized carbons (Fsp3) is 0.643. The molecule has 0 unspecified atom stereocenters. The Hall–Kier alpha value is -1.20. The summed E-state index contributed by atoms with van der Waals surface area (Å²) in [5.74, 6) is 0.188. The maximum absolute atomic E-state index is 12.2. The molecule has 0 saturated carbocycles. The minimum atomic E-state index is -0.192. The third-order valence-electron chi connectivity index (χ3n) is 3.97. The van der Waals surface area contributed by atoms with Crippen LogP contribution < -0.4 is 10.6 Å². The fourth-order valence-corrected chi connectivity index (χ4v) is 2.83. The first-order chi connectivity index (χ1) is 9.27. The second kappa shape index (κ2) is 8.17. The first kappa shape index (κ1) is 16.9. The molecule has 1 aliphatic heterocycles. The summed E-state index contributed by atoms with van der Waals surface area (Å²) >= 11 is 0. The van der Waals surface area contributed by atoms with Gasteiger partial charge in [0.1, 0.15) is 0 Å². The highest BCUT2D eigenvalue weighted by atomic mass is 35.5. The highest BCUT2D eigenvalue weighted by Gasteiger charge is 2.38. The smallest absolute Gasteiger partial charge is 0.226 e. The van der Waals surface area contributed by atoms with Gasteiger partial charge in [0.15, 0.2) is 0 Å². The maximum Gasteiger partial charge on any atom is 0.226 e. The molecule has 6 heteroatoms. The number of amides is 1. The van der Waals surface area contributed by atoms with Crippen molar-refractivity contribution >= 4 is 18.3 Å². The number of nitrogens with zero attached hydrogens (tertiary/aromatic N) is 2. The molecule has 2 rings (SSSR count). The Morgan fingerprint density at radius 2 is 2.15 bits per heavy atom. The number of halogens is 1. The lowest BCUT2D eigenvalue weighted by Crippen LogP contribution is -2.46. The van der Waals surface area contributed by atoms with E-state index in [1.807, 2.05) is 0 Å². The molecule has 5 nitrogen and oxygen atoms in total. The zero-order chi connectivity index (χ0) is 13.6. The number of aryl methyl sites for hydroxylation is 1. The highest BCUT2D eigenvalue weighted by molar-refractivity contribution is 5.85. The van der Waals surface area contributed by atoms with Crippen LogP contribution in [0, 0.1) is 5.41 Å². The van der Waals surface area contributed by atoms with Crippen LogP contribution in [0.4, 0.5) is 0 Å². The van der Waals surface area contributed by atoms with E-state index >= 15 is 0 Å². The molecule has 0 aromatic carbocycles. The normalized spacial score (nSPS) is 17.1. The Kier molecular flexibility index (Phi) is 6.88.